The molecule has 0 fully saturated rings. The van der Waals surface area contributed by atoms with Crippen LogP contribution in [0.15, 0.2) is 22.7 Å². The Labute approximate surface area is 125 Å². The summed E-state index contributed by atoms with van der Waals surface area (Å²) in [7, 11) is 0. The fraction of sp³-hybridized carbons (Fsp3) is 0.538. The van der Waals surface area contributed by atoms with E-state index in [0.29, 0.717) is 0 Å². The van der Waals surface area contributed by atoms with Crippen molar-refractivity contribution in [3.63, 3.8) is 0 Å². The zero-order valence-electron chi connectivity index (χ0n) is 10.3. The average molecular weight is 412 g/mol. The first-order valence-corrected chi connectivity index (χ1v) is 7.74. The number of hydrogen-bond acceptors (Lipinski definition) is 2. The summed E-state index contributed by atoms with van der Waals surface area (Å²) in [6.07, 6.45) is 1.96. The molecule has 0 unspecified atom stereocenters. The smallest absolute Gasteiger partial charge is 0.0504 e. The van der Waals surface area contributed by atoms with Gasteiger partial charge in [0, 0.05) is 25.7 Å². The minimum atomic E-state index is -0.0115. The molecular weight excluding hydrogens is 393 g/mol. The third-order valence-electron chi connectivity index (χ3n) is 3.42. The number of rotatable bonds is 6. The van der Waals surface area contributed by atoms with E-state index in [2.05, 4.69) is 75.9 Å². The van der Waals surface area contributed by atoms with Crippen molar-refractivity contribution in [2.45, 2.75) is 26.7 Å². The first-order valence-electron chi connectivity index (χ1n) is 5.86. The topological polar surface area (TPSA) is 32.3 Å². The fourth-order valence-corrected chi connectivity index (χ4v) is 3.13. The van der Waals surface area contributed by atoms with Crippen LogP contribution >= 0.6 is 38.5 Å². The molecule has 0 aromatic heterocycles. The van der Waals surface area contributed by atoms with Crippen LogP contribution in [0.2, 0.25) is 0 Å². The van der Waals surface area contributed by atoms with E-state index < -0.39 is 0 Å². The Bertz CT molecular complexity index is 358. The van der Waals surface area contributed by atoms with Gasteiger partial charge < -0.3 is 10.4 Å². The number of benzene rings is 1. The van der Waals surface area contributed by atoms with Gasteiger partial charge >= 0.3 is 0 Å². The highest BCUT2D eigenvalue weighted by Crippen LogP contribution is 2.29. The maximum absolute atomic E-state index is 9.52. The molecule has 4 heteroatoms. The zero-order chi connectivity index (χ0) is 12.9. The molecule has 0 amide bonds. The second-order valence-corrected chi connectivity index (χ2v) is 6.44. The molecule has 1 aromatic carbocycles. The molecule has 1 aromatic rings. The van der Waals surface area contributed by atoms with Crippen LogP contribution in [0.5, 0.6) is 0 Å². The predicted molar refractivity (Wildman–Crippen MR) is 85.4 cm³/mol. The minimum absolute atomic E-state index is 0.0115. The number of anilines is 1. The summed E-state index contributed by atoms with van der Waals surface area (Å²) in [5.41, 5.74) is 1.08. The summed E-state index contributed by atoms with van der Waals surface area (Å²) in [4.78, 5) is 0. The van der Waals surface area contributed by atoms with E-state index in [0.717, 1.165) is 29.5 Å². The lowest BCUT2D eigenvalue weighted by Gasteiger charge is -2.30. The SMILES string of the molecule is CCC(CC)(CO)CNc1ccc(I)cc1Br. The molecule has 1 rings (SSSR count). The first-order chi connectivity index (χ1) is 8.06. The van der Waals surface area contributed by atoms with E-state index in [4.69, 9.17) is 0 Å². The quantitative estimate of drug-likeness (QED) is 0.685. The van der Waals surface area contributed by atoms with Gasteiger partial charge in [-0.15, -0.1) is 0 Å². The van der Waals surface area contributed by atoms with E-state index in [1.54, 1.807) is 0 Å². The third-order valence-corrected chi connectivity index (χ3v) is 4.75. The van der Waals surface area contributed by atoms with Gasteiger partial charge in [0.15, 0.2) is 0 Å². The van der Waals surface area contributed by atoms with Gasteiger partial charge in [-0.2, -0.15) is 0 Å². The predicted octanol–water partition coefficient (Wildman–Crippen LogP) is 4.26. The highest BCUT2D eigenvalue weighted by Gasteiger charge is 2.25. The summed E-state index contributed by atoms with van der Waals surface area (Å²) in [6, 6.07) is 6.23. The Hall–Kier alpha value is 0.190. The summed E-state index contributed by atoms with van der Waals surface area (Å²) in [5.74, 6) is 0. The zero-order valence-corrected chi connectivity index (χ0v) is 14.0. The van der Waals surface area contributed by atoms with E-state index in [1.807, 2.05) is 0 Å². The standard InChI is InChI=1S/C13H19BrINO/c1-3-13(4-2,9-17)8-16-12-6-5-10(15)7-11(12)14/h5-7,16-17H,3-4,8-9H2,1-2H3. The Morgan fingerprint density at radius 3 is 2.47 bits per heavy atom. The molecule has 0 saturated heterocycles. The lowest BCUT2D eigenvalue weighted by molar-refractivity contribution is 0.127. The van der Waals surface area contributed by atoms with Crippen molar-refractivity contribution < 1.29 is 5.11 Å². The van der Waals surface area contributed by atoms with Gasteiger partial charge in [-0.25, -0.2) is 0 Å². The summed E-state index contributed by atoms with van der Waals surface area (Å²) in [6.45, 7) is 5.29. The third kappa shape index (κ3) is 4.10. The van der Waals surface area contributed by atoms with Crippen LogP contribution in [0.25, 0.3) is 0 Å². The monoisotopic (exact) mass is 411 g/mol. The van der Waals surface area contributed by atoms with Crippen molar-refractivity contribution in [3.05, 3.63) is 26.2 Å². The Kier molecular flexibility index (Phi) is 6.23. The molecule has 0 heterocycles. The van der Waals surface area contributed by atoms with Crippen LogP contribution in [0.4, 0.5) is 5.69 Å². The molecule has 17 heavy (non-hydrogen) atoms. The van der Waals surface area contributed by atoms with Gasteiger partial charge in [-0.1, -0.05) is 13.8 Å². The molecule has 96 valence electrons. The van der Waals surface area contributed by atoms with Gasteiger partial charge in [-0.3, -0.25) is 0 Å². The lowest BCUT2D eigenvalue weighted by Crippen LogP contribution is -2.32. The van der Waals surface area contributed by atoms with Crippen molar-refractivity contribution in [2.24, 2.45) is 5.41 Å². The van der Waals surface area contributed by atoms with Crippen molar-refractivity contribution in [3.8, 4) is 0 Å². The molecule has 0 spiro atoms. The molecule has 2 nitrogen and oxygen atoms in total. The molecule has 0 aliphatic rings. The highest BCUT2D eigenvalue weighted by atomic mass is 127. The van der Waals surface area contributed by atoms with Gasteiger partial charge in [0.25, 0.3) is 0 Å². The van der Waals surface area contributed by atoms with Crippen molar-refractivity contribution in [1.82, 2.24) is 0 Å². The Morgan fingerprint density at radius 1 is 1.35 bits per heavy atom. The Morgan fingerprint density at radius 2 is 2.00 bits per heavy atom. The van der Waals surface area contributed by atoms with Crippen LogP contribution in [0, 0.1) is 8.99 Å². The number of hydrogen-bond donors (Lipinski definition) is 2. The van der Waals surface area contributed by atoms with Gasteiger partial charge in [0.1, 0.15) is 0 Å². The van der Waals surface area contributed by atoms with Gasteiger partial charge in [0.05, 0.1) is 6.61 Å². The van der Waals surface area contributed by atoms with E-state index >= 15 is 0 Å². The van der Waals surface area contributed by atoms with Crippen LogP contribution in [0.3, 0.4) is 0 Å². The second-order valence-electron chi connectivity index (χ2n) is 4.34. The maximum atomic E-state index is 9.52. The molecule has 0 saturated carbocycles. The van der Waals surface area contributed by atoms with Crippen LogP contribution in [0.1, 0.15) is 26.7 Å². The molecule has 2 N–H and O–H groups in total. The molecule has 0 aliphatic carbocycles. The summed E-state index contributed by atoms with van der Waals surface area (Å²) < 4.78 is 2.28. The normalized spacial score (nSPS) is 11.6. The first kappa shape index (κ1) is 15.2. The summed E-state index contributed by atoms with van der Waals surface area (Å²) >= 11 is 5.84. The number of halogens is 2. The highest BCUT2D eigenvalue weighted by molar-refractivity contribution is 14.1. The molecule has 0 bridgehead atoms. The number of aliphatic hydroxyl groups excluding tert-OH is 1. The lowest BCUT2D eigenvalue weighted by atomic mass is 9.83. The van der Waals surface area contributed by atoms with E-state index in [9.17, 15) is 5.11 Å². The number of aliphatic hydroxyl groups is 1. The fourth-order valence-electron chi connectivity index (χ4n) is 1.70. The van der Waals surface area contributed by atoms with Crippen molar-refractivity contribution >= 4 is 44.2 Å². The van der Waals surface area contributed by atoms with Gasteiger partial charge in [-0.05, 0) is 69.6 Å². The Balaban J connectivity index is 2.72. The van der Waals surface area contributed by atoms with E-state index in [1.165, 1.54) is 3.57 Å². The second kappa shape index (κ2) is 6.95. The van der Waals surface area contributed by atoms with Crippen LogP contribution in [-0.2, 0) is 0 Å². The maximum Gasteiger partial charge on any atom is 0.0504 e. The molecule has 0 radical (unpaired) electrons. The molecule has 0 aliphatic heterocycles. The van der Waals surface area contributed by atoms with Crippen LogP contribution < -0.4 is 5.32 Å². The van der Waals surface area contributed by atoms with Crippen molar-refractivity contribution in [1.29, 1.82) is 0 Å². The summed E-state index contributed by atoms with van der Waals surface area (Å²) in [5, 5.41) is 12.9. The molecular formula is C13H19BrINO. The number of nitrogens with one attached hydrogen (secondary N) is 1. The molecule has 0 atom stereocenters. The average Bonchev–Trinajstić information content (AvgIpc) is 2.33. The largest absolute Gasteiger partial charge is 0.396 e. The van der Waals surface area contributed by atoms with E-state index in [-0.39, 0.29) is 12.0 Å². The minimum Gasteiger partial charge on any atom is -0.396 e. The van der Waals surface area contributed by atoms with Crippen molar-refractivity contribution in [2.75, 3.05) is 18.5 Å². The van der Waals surface area contributed by atoms with Crippen LogP contribution in [-0.4, -0.2) is 18.3 Å². The van der Waals surface area contributed by atoms with Gasteiger partial charge in [0.2, 0.25) is 0 Å².